The van der Waals surface area contributed by atoms with Crippen molar-refractivity contribution in [2.75, 3.05) is 43.4 Å². The van der Waals surface area contributed by atoms with Crippen molar-refractivity contribution in [1.29, 1.82) is 0 Å². The topological polar surface area (TPSA) is 419 Å². The fraction of sp³-hybridized carbons (Fsp3) is 0.452. The number of unbranched alkanes of at least 4 members (excludes halogenated alkanes) is 1. The van der Waals surface area contributed by atoms with Crippen LogP contribution in [0, 0.1) is 0 Å². The zero-order chi connectivity index (χ0) is 55.8. The van der Waals surface area contributed by atoms with E-state index in [9.17, 15) is 61.1 Å². The Kier molecular flexibility index (Phi) is 17.9. The predicted octanol–water partition coefficient (Wildman–Crippen LogP) is 3.56. The van der Waals surface area contributed by atoms with Crippen LogP contribution in [0.1, 0.15) is 71.2 Å². The van der Waals surface area contributed by atoms with Gasteiger partial charge in [0.1, 0.15) is 24.9 Å². The van der Waals surface area contributed by atoms with E-state index in [0.717, 1.165) is 45.6 Å². The van der Waals surface area contributed by atoms with E-state index >= 15 is 0 Å². The molecule has 2 aromatic carbocycles. The van der Waals surface area contributed by atoms with Gasteiger partial charge in [-0.2, -0.15) is 26.6 Å². The standard InChI is InChI=1S/C42H56N9O20P3S2/c1-6-49-28-15-13-24(75-69-68-56)20-26(28)41(2,3)31(49)10-9-11-32-42(4,5)27-21-25(76(63,64)65)14-16-29(27)50(32)19-8-7-12-33(52)44-17-18-46-72(57,58)70-74(61,62)71-73(59,60)66-22-30-35(53)36(54)39(67-30)51-23-45-34-37(51)47-40(43)48-38(34)55/h9-11,13-16,20-21,23,30,35-36,39,53-54H,6-8,12,17-19,22H2,1-5H3,(H9-,43,44,46,47,48,52,55,56,57,58,59,60,61,62,63,64,65)/p+1. The molecule has 4 aromatic rings. The summed E-state index contributed by atoms with van der Waals surface area (Å²) >= 11 is 0.863. The smallest absolute Gasteiger partial charge is 0.387 e. The summed E-state index contributed by atoms with van der Waals surface area (Å²) in [7, 11) is -21.3. The number of aliphatic hydroxyl groups is 2. The molecule has 76 heavy (non-hydrogen) atoms. The maximum absolute atomic E-state index is 12.8. The van der Waals surface area contributed by atoms with Gasteiger partial charge < -0.3 is 45.6 Å². The van der Waals surface area contributed by atoms with Crippen molar-refractivity contribution >= 4 is 85.7 Å². The minimum Gasteiger partial charge on any atom is -0.387 e. The molecular weight excluding hydrogens is 1110 g/mol. The number of phosphoric acid groups is 2. The molecule has 3 aliphatic rings. The highest BCUT2D eigenvalue weighted by Gasteiger charge is 2.48. The first-order chi connectivity index (χ1) is 35.5. The third-order valence-corrected chi connectivity index (χ3v) is 18.6. The summed E-state index contributed by atoms with van der Waals surface area (Å²) < 4.78 is 98.5. The Labute approximate surface area is 438 Å². The van der Waals surface area contributed by atoms with E-state index in [-0.39, 0.29) is 35.0 Å². The summed E-state index contributed by atoms with van der Waals surface area (Å²) in [5.74, 6) is -0.768. The highest BCUT2D eigenvalue weighted by Crippen LogP contribution is 2.66. The fourth-order valence-corrected chi connectivity index (χ4v) is 13.8. The maximum atomic E-state index is 12.8. The molecule has 1 saturated heterocycles. The number of aliphatic hydroxyl groups excluding tert-OH is 2. The number of benzene rings is 2. The Morgan fingerprint density at radius 1 is 1.01 bits per heavy atom. The van der Waals surface area contributed by atoms with Gasteiger partial charge in [0.2, 0.25) is 17.5 Å². The third-order valence-electron chi connectivity index (χ3n) is 12.7. The van der Waals surface area contributed by atoms with Crippen LogP contribution in [0.5, 0.6) is 0 Å². The first-order valence-corrected chi connectivity index (χ1v) is 29.8. The number of ether oxygens (including phenoxy) is 1. The van der Waals surface area contributed by atoms with E-state index in [4.69, 9.17) is 15.7 Å². The van der Waals surface area contributed by atoms with Crippen LogP contribution in [-0.2, 0) is 66.7 Å². The Morgan fingerprint density at radius 3 is 2.45 bits per heavy atom. The van der Waals surface area contributed by atoms with Crippen LogP contribution in [-0.4, -0.2) is 130 Å². The van der Waals surface area contributed by atoms with Crippen molar-refractivity contribution in [3.8, 4) is 0 Å². The number of aromatic nitrogens is 4. The Morgan fingerprint density at radius 2 is 1.75 bits per heavy atom. The van der Waals surface area contributed by atoms with E-state index in [1.54, 1.807) is 6.07 Å². The molecule has 1 amide bonds. The number of carbonyl (C=O) groups is 1. The number of phosphoric ester groups is 1. The molecule has 416 valence electrons. The van der Waals surface area contributed by atoms with E-state index in [1.165, 1.54) is 12.1 Å². The van der Waals surface area contributed by atoms with E-state index in [2.05, 4.69) is 61.2 Å². The number of hydrogen-bond donors (Lipinski definition) is 11. The zero-order valence-corrected chi connectivity index (χ0v) is 45.5. The number of fused-ring (bicyclic) bond motifs is 3. The normalized spacial score (nSPS) is 23.0. The van der Waals surface area contributed by atoms with Crippen molar-refractivity contribution in [2.45, 2.75) is 99.0 Å². The van der Waals surface area contributed by atoms with Crippen molar-refractivity contribution in [3.05, 3.63) is 88.1 Å². The molecule has 0 spiro atoms. The van der Waals surface area contributed by atoms with E-state index in [1.807, 2.05) is 67.2 Å². The average Bonchev–Trinajstić information content (AvgIpc) is 4.02. The number of nitrogen functional groups attached to an aromatic ring is 1. The number of carbonyl (C=O) groups excluding carboxylic acids is 1. The van der Waals surface area contributed by atoms with Gasteiger partial charge in [-0.05, 0) is 75.6 Å². The molecule has 0 radical (unpaired) electrons. The SMILES string of the molecule is CC[N+]1=C(/C=C/C=C2/N(CCCCC(=O)NCCNP(=O)(O)OP(=O)(O)OP(=O)(O)OCC3OC(n4cnc5c(=O)[nH]c(N)nc54)C(O)C3O)c3ccc(S(=O)(=O)O)cc3C2(C)C)C(C)(C)c2cc(SOOO)ccc21. The van der Waals surface area contributed by atoms with Gasteiger partial charge in [0, 0.05) is 65.5 Å². The van der Waals surface area contributed by atoms with Gasteiger partial charge in [-0.3, -0.25) is 28.2 Å². The number of anilines is 2. The molecule has 0 bridgehead atoms. The molecule has 34 heteroatoms. The lowest BCUT2D eigenvalue weighted by molar-refractivity contribution is -0.433. The summed E-state index contributed by atoms with van der Waals surface area (Å²) in [5.41, 5.74) is 8.50. The lowest BCUT2D eigenvalue weighted by atomic mass is 9.81. The molecule has 0 saturated carbocycles. The van der Waals surface area contributed by atoms with Crippen molar-refractivity contribution in [2.24, 2.45) is 0 Å². The van der Waals surface area contributed by atoms with Crippen LogP contribution >= 0.6 is 35.4 Å². The third kappa shape index (κ3) is 13.1. The molecule has 1 fully saturated rings. The average molecular weight is 1170 g/mol. The highest BCUT2D eigenvalue weighted by molar-refractivity contribution is 7.94. The molecule has 7 unspecified atom stereocenters. The molecule has 29 nitrogen and oxygen atoms in total. The minimum absolute atomic E-state index is 0.000141. The van der Waals surface area contributed by atoms with Crippen molar-refractivity contribution in [3.63, 3.8) is 0 Å². The second-order valence-electron chi connectivity index (χ2n) is 18.5. The monoisotopic (exact) mass is 1160 g/mol. The first-order valence-electron chi connectivity index (χ1n) is 23.0. The summed E-state index contributed by atoms with van der Waals surface area (Å²) in [5, 5.41) is 38.0. The second kappa shape index (κ2) is 23.0. The molecule has 7 atom stereocenters. The van der Waals surface area contributed by atoms with Gasteiger partial charge in [-0.15, -0.1) is 4.33 Å². The number of H-pyrrole nitrogens is 1. The zero-order valence-electron chi connectivity index (χ0n) is 41.1. The Bertz CT molecular complexity index is 3300. The summed E-state index contributed by atoms with van der Waals surface area (Å²) in [6.07, 6.45) is 1.10. The van der Waals surface area contributed by atoms with E-state index in [0.29, 0.717) is 42.1 Å². The van der Waals surface area contributed by atoms with Gasteiger partial charge in [-0.1, -0.05) is 25.0 Å². The number of imidazole rings is 1. The Hall–Kier alpha value is -4.56. The number of hydrogen-bond acceptors (Lipinski definition) is 21. The van der Waals surface area contributed by atoms with Crippen LogP contribution in [0.2, 0.25) is 0 Å². The summed E-state index contributed by atoms with van der Waals surface area (Å²) in [6.45, 7) is 9.26. The molecule has 3 aliphatic heterocycles. The van der Waals surface area contributed by atoms with Gasteiger partial charge in [0.15, 0.2) is 23.1 Å². The molecule has 0 aliphatic carbocycles. The molecule has 7 rings (SSSR count). The van der Waals surface area contributed by atoms with Gasteiger partial charge in [0.25, 0.3) is 15.7 Å². The number of rotatable bonds is 24. The lowest BCUT2D eigenvalue weighted by Gasteiger charge is -2.27. The summed E-state index contributed by atoms with van der Waals surface area (Å²) in [4.78, 5) is 67.9. The fourth-order valence-electron chi connectivity index (χ4n) is 9.16. The van der Waals surface area contributed by atoms with Gasteiger partial charge in [0.05, 0.1) is 35.3 Å². The number of amides is 1. The van der Waals surface area contributed by atoms with Gasteiger partial charge in [-0.25, -0.2) is 29.0 Å². The molecule has 12 N–H and O–H groups in total. The van der Waals surface area contributed by atoms with Crippen LogP contribution in [0.3, 0.4) is 0 Å². The van der Waals surface area contributed by atoms with Crippen LogP contribution in [0.4, 0.5) is 17.3 Å². The maximum Gasteiger partial charge on any atom is 0.489 e. The lowest BCUT2D eigenvalue weighted by Crippen LogP contribution is -2.33. The summed E-state index contributed by atoms with van der Waals surface area (Å²) in [6, 6.07) is 10.1. The highest BCUT2D eigenvalue weighted by atomic mass is 32.2. The van der Waals surface area contributed by atoms with E-state index < -0.39 is 93.5 Å². The van der Waals surface area contributed by atoms with Gasteiger partial charge >= 0.3 is 23.4 Å². The van der Waals surface area contributed by atoms with Crippen LogP contribution in [0.15, 0.2) is 81.2 Å². The number of aromatic amines is 1. The number of allylic oxidation sites excluding steroid dienone is 4. The number of nitrogens with zero attached hydrogens (tertiary/aromatic N) is 5. The predicted molar refractivity (Wildman–Crippen MR) is 270 cm³/mol. The van der Waals surface area contributed by atoms with Crippen molar-refractivity contribution < 1.29 is 93.4 Å². The second-order valence-corrected chi connectivity index (χ2v) is 25.4. The Balaban J connectivity index is 0.899. The van der Waals surface area contributed by atoms with Crippen molar-refractivity contribution in [1.82, 2.24) is 29.9 Å². The van der Waals surface area contributed by atoms with Crippen LogP contribution in [0.25, 0.3) is 11.2 Å². The molecule has 2 aromatic heterocycles. The number of nitrogens with one attached hydrogen (secondary N) is 3. The minimum atomic E-state index is -5.87. The first kappa shape index (κ1) is 59.1. The quantitative estimate of drug-likeness (QED) is 0.00908. The molecule has 5 heterocycles. The molecular formula is C42H57N9O20P3S2+. The largest absolute Gasteiger partial charge is 0.489 e. The van der Waals surface area contributed by atoms with Crippen LogP contribution < -0.4 is 26.6 Å². The number of nitrogens with two attached hydrogens (primary N) is 1.